The van der Waals surface area contributed by atoms with Gasteiger partial charge in [-0.25, -0.2) is 0 Å². The van der Waals surface area contributed by atoms with Crippen molar-refractivity contribution in [1.29, 1.82) is 0 Å². The third-order valence-corrected chi connectivity index (χ3v) is 6.25. The highest BCUT2D eigenvalue weighted by Gasteiger charge is 2.45. The number of ketones is 1. The molecule has 3 unspecified atom stereocenters. The highest BCUT2D eigenvalue weighted by Crippen LogP contribution is 2.47. The minimum atomic E-state index is -0.761. The number of allylic oxidation sites excluding steroid dienone is 2. The van der Waals surface area contributed by atoms with Gasteiger partial charge in [0.25, 0.3) is 0 Å². The molecule has 1 aliphatic carbocycles. The smallest absolute Gasteiger partial charge is 0.315 e. The summed E-state index contributed by atoms with van der Waals surface area (Å²) in [6.45, 7) is 5.01. The van der Waals surface area contributed by atoms with Crippen molar-refractivity contribution in [2.45, 2.75) is 44.1 Å². The van der Waals surface area contributed by atoms with Crippen LogP contribution in [0.3, 0.4) is 0 Å². The van der Waals surface area contributed by atoms with Crippen molar-refractivity contribution in [3.8, 4) is 11.5 Å². The molecule has 31 heavy (non-hydrogen) atoms. The first kappa shape index (κ1) is 21.4. The summed E-state index contributed by atoms with van der Waals surface area (Å²) in [5.41, 5.74) is 2.69. The van der Waals surface area contributed by atoms with E-state index in [1.807, 2.05) is 6.07 Å². The predicted octanol–water partition coefficient (Wildman–Crippen LogP) is 3.25. The zero-order chi connectivity index (χ0) is 22.0. The zero-order valence-electron chi connectivity index (χ0n) is 18.1. The highest BCUT2D eigenvalue weighted by molar-refractivity contribution is 6.00. The molecule has 1 saturated heterocycles. The van der Waals surface area contributed by atoms with E-state index in [4.69, 9.17) is 18.9 Å². The number of rotatable bonds is 6. The molecular formula is C24H29NO6. The van der Waals surface area contributed by atoms with Crippen LogP contribution in [0.1, 0.15) is 43.6 Å². The highest BCUT2D eigenvalue weighted by atomic mass is 16.6. The van der Waals surface area contributed by atoms with Gasteiger partial charge in [-0.15, -0.1) is 0 Å². The number of carbonyl (C=O) groups is 2. The fourth-order valence-electron chi connectivity index (χ4n) is 4.73. The number of methoxy groups -OCH3 is 2. The average Bonchev–Trinajstić information content (AvgIpc) is 3.30. The summed E-state index contributed by atoms with van der Waals surface area (Å²) >= 11 is 0. The molecule has 0 amide bonds. The Bertz CT molecular complexity index is 915. The Balaban J connectivity index is 1.75. The second-order valence-electron chi connectivity index (χ2n) is 8.15. The molecule has 2 heterocycles. The second kappa shape index (κ2) is 9.14. The Morgan fingerprint density at radius 2 is 2.06 bits per heavy atom. The van der Waals surface area contributed by atoms with Crippen LogP contribution >= 0.6 is 0 Å². The lowest BCUT2D eigenvalue weighted by Gasteiger charge is -2.38. The Morgan fingerprint density at radius 3 is 2.77 bits per heavy atom. The predicted molar refractivity (Wildman–Crippen MR) is 114 cm³/mol. The number of carbonyl (C=O) groups excluding carboxylic acids is 2. The molecule has 1 aromatic rings. The van der Waals surface area contributed by atoms with Crippen molar-refractivity contribution in [2.75, 3.05) is 27.4 Å². The molecule has 3 aliphatic rings. The number of esters is 1. The second-order valence-corrected chi connectivity index (χ2v) is 8.15. The van der Waals surface area contributed by atoms with Crippen LogP contribution in [-0.4, -0.2) is 45.3 Å². The van der Waals surface area contributed by atoms with E-state index in [2.05, 4.69) is 11.9 Å². The number of nitrogens with one attached hydrogen (secondary N) is 1. The molecule has 0 bridgehead atoms. The van der Waals surface area contributed by atoms with Gasteiger partial charge in [0.2, 0.25) is 0 Å². The van der Waals surface area contributed by atoms with Crippen LogP contribution in [0.4, 0.5) is 0 Å². The number of hydrogen-bond donors (Lipinski definition) is 1. The van der Waals surface area contributed by atoms with Gasteiger partial charge in [-0.2, -0.15) is 0 Å². The number of Topliss-reactive ketones (excluding diaryl/α,β-unsaturated/α-hetero) is 1. The monoisotopic (exact) mass is 427 g/mol. The fraction of sp³-hybridized carbons (Fsp3) is 0.500. The molecule has 2 aliphatic heterocycles. The molecule has 0 radical (unpaired) electrons. The maximum Gasteiger partial charge on any atom is 0.315 e. The van der Waals surface area contributed by atoms with Gasteiger partial charge in [0.05, 0.1) is 20.3 Å². The Labute approximate surface area is 182 Å². The zero-order valence-corrected chi connectivity index (χ0v) is 18.1. The number of ether oxygens (including phenoxy) is 4. The van der Waals surface area contributed by atoms with Crippen LogP contribution < -0.4 is 14.8 Å². The van der Waals surface area contributed by atoms with Crippen LogP contribution in [-0.2, 0) is 19.1 Å². The summed E-state index contributed by atoms with van der Waals surface area (Å²) in [5.74, 6) is -0.498. The Hall–Kier alpha value is -2.80. The standard InChI is InChI=1S/C24H29NO6/c1-14-21(24(27)31-13-16-6-5-11-30-16)22(23-18(25-14)7-4-8-19(23)26)17-12-15(28-2)9-10-20(17)29-3/h9-10,12,16,21-22,25H,1,4-8,11,13H2,2-3H3. The average molecular weight is 427 g/mol. The van der Waals surface area contributed by atoms with Crippen molar-refractivity contribution < 1.29 is 28.5 Å². The summed E-state index contributed by atoms with van der Waals surface area (Å²) in [7, 11) is 3.15. The van der Waals surface area contributed by atoms with Crippen molar-refractivity contribution in [3.05, 3.63) is 47.3 Å². The Kier molecular flexibility index (Phi) is 6.32. The minimum Gasteiger partial charge on any atom is -0.497 e. The van der Waals surface area contributed by atoms with Gasteiger partial charge >= 0.3 is 5.97 Å². The number of benzene rings is 1. The summed E-state index contributed by atoms with van der Waals surface area (Å²) in [6, 6.07) is 5.41. The van der Waals surface area contributed by atoms with Gasteiger partial charge in [0, 0.05) is 41.5 Å². The van der Waals surface area contributed by atoms with E-state index in [0.717, 1.165) is 31.4 Å². The van der Waals surface area contributed by atoms with Crippen molar-refractivity contribution in [3.63, 3.8) is 0 Å². The van der Waals surface area contributed by atoms with Gasteiger partial charge in [-0.1, -0.05) is 6.58 Å². The molecule has 4 rings (SSSR count). The van der Waals surface area contributed by atoms with Crippen molar-refractivity contribution in [1.82, 2.24) is 5.32 Å². The molecular weight excluding hydrogens is 398 g/mol. The van der Waals surface area contributed by atoms with Crippen LogP contribution in [0, 0.1) is 5.92 Å². The van der Waals surface area contributed by atoms with Crippen LogP contribution in [0.15, 0.2) is 41.7 Å². The third kappa shape index (κ3) is 4.19. The van der Waals surface area contributed by atoms with E-state index in [9.17, 15) is 9.59 Å². The van der Waals surface area contributed by atoms with Crippen molar-refractivity contribution >= 4 is 11.8 Å². The van der Waals surface area contributed by atoms with Crippen LogP contribution in [0.25, 0.3) is 0 Å². The van der Waals surface area contributed by atoms with E-state index in [1.54, 1.807) is 26.4 Å². The van der Waals surface area contributed by atoms with Gasteiger partial charge in [0.1, 0.15) is 24.0 Å². The molecule has 0 spiro atoms. The van der Waals surface area contributed by atoms with Gasteiger partial charge in [0.15, 0.2) is 5.78 Å². The van der Waals surface area contributed by atoms with E-state index in [1.165, 1.54) is 0 Å². The molecule has 0 saturated carbocycles. The van der Waals surface area contributed by atoms with Crippen LogP contribution in [0.2, 0.25) is 0 Å². The molecule has 7 nitrogen and oxygen atoms in total. The summed E-state index contributed by atoms with van der Waals surface area (Å²) in [5, 5.41) is 3.23. The quantitative estimate of drug-likeness (QED) is 0.698. The molecule has 1 aromatic carbocycles. The maximum absolute atomic E-state index is 13.3. The molecule has 7 heteroatoms. The van der Waals surface area contributed by atoms with E-state index in [0.29, 0.717) is 41.4 Å². The van der Waals surface area contributed by atoms with E-state index >= 15 is 0 Å². The van der Waals surface area contributed by atoms with Crippen LogP contribution in [0.5, 0.6) is 11.5 Å². The van der Waals surface area contributed by atoms with Gasteiger partial charge < -0.3 is 24.3 Å². The summed E-state index contributed by atoms with van der Waals surface area (Å²) < 4.78 is 22.3. The third-order valence-electron chi connectivity index (χ3n) is 6.25. The SMILES string of the molecule is C=C1NC2=C(C(=O)CCC2)C(c2cc(OC)ccc2OC)C1C(=O)OCC1CCCO1. The first-order chi connectivity index (χ1) is 15.0. The molecule has 166 valence electrons. The number of hydrogen-bond acceptors (Lipinski definition) is 7. The first-order valence-corrected chi connectivity index (χ1v) is 10.8. The molecule has 0 aromatic heterocycles. The van der Waals surface area contributed by atoms with Crippen molar-refractivity contribution in [2.24, 2.45) is 5.92 Å². The lowest BCUT2D eigenvalue weighted by molar-refractivity contribution is -0.151. The van der Waals surface area contributed by atoms with Gasteiger partial charge in [-0.05, 0) is 43.9 Å². The first-order valence-electron chi connectivity index (χ1n) is 10.8. The normalized spacial score (nSPS) is 25.7. The lowest BCUT2D eigenvalue weighted by atomic mass is 9.71. The minimum absolute atomic E-state index is 0.0352. The van der Waals surface area contributed by atoms with E-state index in [-0.39, 0.29) is 18.5 Å². The molecule has 1 N–H and O–H groups in total. The maximum atomic E-state index is 13.3. The molecule has 3 atom stereocenters. The summed E-state index contributed by atoms with van der Waals surface area (Å²) in [6.07, 6.45) is 3.72. The van der Waals surface area contributed by atoms with E-state index < -0.39 is 17.8 Å². The largest absolute Gasteiger partial charge is 0.497 e. The Morgan fingerprint density at radius 1 is 1.23 bits per heavy atom. The summed E-state index contributed by atoms with van der Waals surface area (Å²) in [4.78, 5) is 26.3. The van der Waals surface area contributed by atoms with Gasteiger partial charge in [-0.3, -0.25) is 9.59 Å². The topological polar surface area (TPSA) is 83.1 Å². The molecule has 1 fully saturated rings. The lowest BCUT2D eigenvalue weighted by Crippen LogP contribution is -2.41. The fourth-order valence-corrected chi connectivity index (χ4v) is 4.73.